The van der Waals surface area contributed by atoms with Gasteiger partial charge in [0.1, 0.15) is 0 Å². The molecule has 0 spiro atoms. The Kier molecular flexibility index (Phi) is 5.48. The molecule has 0 saturated heterocycles. The highest BCUT2D eigenvalue weighted by molar-refractivity contribution is 6.31. The Balaban J connectivity index is 2.18. The monoisotopic (exact) mass is 386 g/mol. The zero-order valence-corrected chi connectivity index (χ0v) is 15.4. The SMILES string of the molecule is CC(Nc1ccc(NC(C)C(O)O)c2c1C(=O)c1ccccc1C2=O)C(O)O. The third kappa shape index (κ3) is 3.50. The summed E-state index contributed by atoms with van der Waals surface area (Å²) in [6.07, 6.45) is -3.33. The van der Waals surface area contributed by atoms with Crippen molar-refractivity contribution in [1.82, 2.24) is 0 Å². The fraction of sp³-hybridized carbons (Fsp3) is 0.300. The first kappa shape index (κ1) is 20.0. The van der Waals surface area contributed by atoms with Gasteiger partial charge in [0.25, 0.3) is 0 Å². The molecule has 0 aliphatic heterocycles. The average molecular weight is 386 g/mol. The third-order valence-electron chi connectivity index (χ3n) is 4.74. The van der Waals surface area contributed by atoms with Gasteiger partial charge in [0.05, 0.1) is 23.2 Å². The minimum atomic E-state index is -1.67. The highest BCUT2D eigenvalue weighted by Crippen LogP contribution is 2.37. The van der Waals surface area contributed by atoms with Gasteiger partial charge in [0.2, 0.25) is 0 Å². The lowest BCUT2D eigenvalue weighted by Gasteiger charge is -2.27. The Hall–Kier alpha value is -2.78. The van der Waals surface area contributed by atoms with Gasteiger partial charge in [-0.3, -0.25) is 9.59 Å². The summed E-state index contributed by atoms with van der Waals surface area (Å²) in [7, 11) is 0. The molecule has 3 rings (SSSR count). The maximum absolute atomic E-state index is 13.2. The minimum Gasteiger partial charge on any atom is -0.377 e. The Morgan fingerprint density at radius 2 is 1.04 bits per heavy atom. The molecule has 0 fully saturated rings. The van der Waals surface area contributed by atoms with Crippen LogP contribution in [0.15, 0.2) is 36.4 Å². The molecule has 148 valence electrons. The van der Waals surface area contributed by atoms with E-state index >= 15 is 0 Å². The maximum atomic E-state index is 13.2. The van der Waals surface area contributed by atoms with Crippen LogP contribution in [0.1, 0.15) is 45.7 Å². The van der Waals surface area contributed by atoms with Gasteiger partial charge < -0.3 is 31.1 Å². The number of hydrogen-bond donors (Lipinski definition) is 6. The van der Waals surface area contributed by atoms with Crippen molar-refractivity contribution in [1.29, 1.82) is 0 Å². The van der Waals surface area contributed by atoms with Crippen LogP contribution in [0.2, 0.25) is 0 Å². The molecule has 2 atom stereocenters. The predicted molar refractivity (Wildman–Crippen MR) is 102 cm³/mol. The number of ketones is 2. The van der Waals surface area contributed by atoms with Crippen LogP contribution >= 0.6 is 0 Å². The van der Waals surface area contributed by atoms with E-state index in [9.17, 15) is 30.0 Å². The van der Waals surface area contributed by atoms with Crippen molar-refractivity contribution in [3.63, 3.8) is 0 Å². The van der Waals surface area contributed by atoms with Crippen molar-refractivity contribution in [3.05, 3.63) is 58.7 Å². The highest BCUT2D eigenvalue weighted by atomic mass is 16.5. The van der Waals surface area contributed by atoms with E-state index in [1.165, 1.54) is 26.0 Å². The summed E-state index contributed by atoms with van der Waals surface area (Å²) in [5, 5.41) is 43.2. The standard InChI is InChI=1S/C20H22N2O6/c1-9(19(25)26)21-13-7-8-14(22-10(2)20(27)28)16-15(13)17(23)11-5-3-4-6-12(11)18(16)24/h3-10,19-22,25-28H,1-2H3. The van der Waals surface area contributed by atoms with E-state index in [1.807, 2.05) is 0 Å². The molecule has 8 heteroatoms. The predicted octanol–water partition coefficient (Wildman–Crippen LogP) is 0.684. The average Bonchev–Trinajstić information content (AvgIpc) is 2.66. The fourth-order valence-electron chi connectivity index (χ4n) is 3.10. The van der Waals surface area contributed by atoms with Gasteiger partial charge >= 0.3 is 0 Å². The second-order valence-electron chi connectivity index (χ2n) is 6.81. The molecule has 0 amide bonds. The number of hydrogen-bond acceptors (Lipinski definition) is 8. The molecule has 0 saturated carbocycles. The fourth-order valence-corrected chi connectivity index (χ4v) is 3.10. The number of carbonyl (C=O) groups excluding carboxylic acids is 2. The molecule has 2 aromatic carbocycles. The Bertz CT molecular complexity index is 851. The molecule has 28 heavy (non-hydrogen) atoms. The van der Waals surface area contributed by atoms with Crippen LogP contribution in [0.25, 0.3) is 0 Å². The Labute approximate surface area is 161 Å². The Morgan fingerprint density at radius 3 is 1.36 bits per heavy atom. The van der Waals surface area contributed by atoms with Crippen molar-refractivity contribution in [3.8, 4) is 0 Å². The van der Waals surface area contributed by atoms with Gasteiger partial charge in [-0.25, -0.2) is 0 Å². The first-order chi connectivity index (χ1) is 13.2. The van der Waals surface area contributed by atoms with Crippen molar-refractivity contribution in [2.24, 2.45) is 0 Å². The van der Waals surface area contributed by atoms with Crippen LogP contribution in [0.5, 0.6) is 0 Å². The smallest absolute Gasteiger partial charge is 0.196 e. The van der Waals surface area contributed by atoms with E-state index in [2.05, 4.69) is 10.6 Å². The number of aliphatic hydroxyl groups is 4. The Morgan fingerprint density at radius 1 is 0.679 bits per heavy atom. The third-order valence-corrected chi connectivity index (χ3v) is 4.74. The van der Waals surface area contributed by atoms with Crippen LogP contribution < -0.4 is 10.6 Å². The molecule has 2 aromatic rings. The van der Waals surface area contributed by atoms with Crippen LogP contribution in [-0.4, -0.2) is 56.7 Å². The molecule has 8 nitrogen and oxygen atoms in total. The molecule has 0 radical (unpaired) electrons. The summed E-state index contributed by atoms with van der Waals surface area (Å²) in [5.41, 5.74) is 1.28. The van der Waals surface area contributed by atoms with Crippen LogP contribution in [0, 0.1) is 0 Å². The molecule has 6 N–H and O–H groups in total. The largest absolute Gasteiger partial charge is 0.377 e. The quantitative estimate of drug-likeness (QED) is 0.340. The number of aliphatic hydroxyl groups excluding tert-OH is 2. The lowest BCUT2D eigenvalue weighted by molar-refractivity contribution is -0.0497. The van der Waals surface area contributed by atoms with Crippen molar-refractivity contribution >= 4 is 22.9 Å². The summed E-state index contributed by atoms with van der Waals surface area (Å²) in [5.74, 6) is -0.763. The number of benzene rings is 2. The molecular formula is C20H22N2O6. The van der Waals surface area contributed by atoms with Gasteiger partial charge in [0, 0.05) is 22.5 Å². The molecule has 1 aliphatic rings. The van der Waals surface area contributed by atoms with Crippen molar-refractivity contribution in [2.45, 2.75) is 38.5 Å². The zero-order chi connectivity index (χ0) is 20.6. The van der Waals surface area contributed by atoms with E-state index in [-0.39, 0.29) is 45.2 Å². The number of carbonyl (C=O) groups is 2. The van der Waals surface area contributed by atoms with Gasteiger partial charge in [0.15, 0.2) is 24.1 Å². The second kappa shape index (κ2) is 7.69. The normalized spacial score (nSPS) is 15.3. The highest BCUT2D eigenvalue weighted by Gasteiger charge is 2.34. The summed E-state index contributed by atoms with van der Waals surface area (Å²) < 4.78 is 0. The molecule has 0 aromatic heterocycles. The molecule has 1 aliphatic carbocycles. The van der Waals surface area contributed by atoms with Crippen molar-refractivity contribution < 1.29 is 30.0 Å². The number of fused-ring (bicyclic) bond motifs is 2. The molecule has 2 unspecified atom stereocenters. The lowest BCUT2D eigenvalue weighted by Crippen LogP contribution is -2.34. The zero-order valence-electron chi connectivity index (χ0n) is 15.4. The van der Waals surface area contributed by atoms with E-state index in [1.54, 1.807) is 24.3 Å². The summed E-state index contributed by atoms with van der Waals surface area (Å²) in [6, 6.07) is 7.94. The number of rotatable bonds is 6. The van der Waals surface area contributed by atoms with E-state index in [0.717, 1.165) is 0 Å². The van der Waals surface area contributed by atoms with Crippen LogP contribution in [0.3, 0.4) is 0 Å². The second-order valence-corrected chi connectivity index (χ2v) is 6.81. The number of anilines is 2. The van der Waals surface area contributed by atoms with E-state index in [4.69, 9.17) is 0 Å². The molecule has 0 bridgehead atoms. The maximum Gasteiger partial charge on any atom is 0.196 e. The van der Waals surface area contributed by atoms with Gasteiger partial charge in [-0.15, -0.1) is 0 Å². The summed E-state index contributed by atoms with van der Waals surface area (Å²) in [4.78, 5) is 26.3. The van der Waals surface area contributed by atoms with Gasteiger partial charge in [-0.1, -0.05) is 24.3 Å². The van der Waals surface area contributed by atoms with Gasteiger partial charge in [-0.2, -0.15) is 0 Å². The topological polar surface area (TPSA) is 139 Å². The summed E-state index contributed by atoms with van der Waals surface area (Å²) >= 11 is 0. The van der Waals surface area contributed by atoms with Crippen LogP contribution in [-0.2, 0) is 0 Å². The first-order valence-electron chi connectivity index (χ1n) is 8.83. The summed E-state index contributed by atoms with van der Waals surface area (Å²) in [6.45, 7) is 3.05. The van der Waals surface area contributed by atoms with E-state index in [0.29, 0.717) is 0 Å². The number of nitrogens with one attached hydrogen (secondary N) is 2. The molecule has 0 heterocycles. The first-order valence-corrected chi connectivity index (χ1v) is 8.83. The minimum absolute atomic E-state index is 0.0980. The van der Waals surface area contributed by atoms with Crippen LogP contribution in [0.4, 0.5) is 11.4 Å². The molecular weight excluding hydrogens is 364 g/mol. The van der Waals surface area contributed by atoms with E-state index < -0.39 is 24.7 Å². The van der Waals surface area contributed by atoms with Gasteiger partial charge in [-0.05, 0) is 26.0 Å². The van der Waals surface area contributed by atoms with Crippen molar-refractivity contribution in [2.75, 3.05) is 10.6 Å². The lowest BCUT2D eigenvalue weighted by atomic mass is 9.82.